The number of Topliss-reactive ketones (excluding diaryl/α,β-unsaturated/α-hetero) is 1. The van der Waals surface area contributed by atoms with Crippen LogP contribution in [0.5, 0.6) is 0 Å². The molecule has 0 aromatic heterocycles. The fourth-order valence-electron chi connectivity index (χ4n) is 3.64. The number of amides is 2. The van der Waals surface area contributed by atoms with Crippen LogP contribution in [0.2, 0.25) is 5.02 Å². The largest absolute Gasteiger partial charge is 0.329 e. The van der Waals surface area contributed by atoms with Gasteiger partial charge in [-0.3, -0.25) is 14.4 Å². The van der Waals surface area contributed by atoms with E-state index in [0.717, 1.165) is 11.3 Å². The lowest BCUT2D eigenvalue weighted by Crippen LogP contribution is -2.43. The zero-order valence-corrected chi connectivity index (χ0v) is 16.0. The summed E-state index contributed by atoms with van der Waals surface area (Å²) in [6.07, 6.45) is 1.52. The molecule has 0 saturated carbocycles. The van der Waals surface area contributed by atoms with E-state index >= 15 is 0 Å². The molecule has 0 saturated heterocycles. The van der Waals surface area contributed by atoms with Crippen LogP contribution in [0.3, 0.4) is 0 Å². The Kier molecular flexibility index (Phi) is 4.93. The molecule has 2 aliphatic rings. The van der Waals surface area contributed by atoms with E-state index in [1.807, 2.05) is 20.8 Å². The zero-order valence-electron chi connectivity index (χ0n) is 15.2. The maximum absolute atomic E-state index is 12.4. The van der Waals surface area contributed by atoms with Crippen LogP contribution < -0.4 is 10.6 Å². The van der Waals surface area contributed by atoms with Crippen molar-refractivity contribution in [1.82, 2.24) is 5.32 Å². The summed E-state index contributed by atoms with van der Waals surface area (Å²) in [5, 5.41) is 6.25. The molecule has 0 bridgehead atoms. The first-order valence-electron chi connectivity index (χ1n) is 8.77. The molecule has 1 unspecified atom stereocenters. The quantitative estimate of drug-likeness (QED) is 0.845. The van der Waals surface area contributed by atoms with Gasteiger partial charge in [0.2, 0.25) is 11.8 Å². The lowest BCUT2D eigenvalue weighted by molar-refractivity contribution is -0.129. The van der Waals surface area contributed by atoms with Crippen molar-refractivity contribution in [2.45, 2.75) is 46.5 Å². The molecule has 6 heteroatoms. The normalized spacial score (nSPS) is 21.9. The monoisotopic (exact) mass is 374 g/mol. The Morgan fingerprint density at radius 1 is 1.31 bits per heavy atom. The van der Waals surface area contributed by atoms with Gasteiger partial charge in [-0.25, -0.2) is 0 Å². The Labute approximate surface area is 158 Å². The molecule has 0 radical (unpaired) electrons. The van der Waals surface area contributed by atoms with Crippen molar-refractivity contribution < 1.29 is 14.4 Å². The maximum Gasteiger partial charge on any atom is 0.228 e. The number of nitrogens with one attached hydrogen (secondary N) is 2. The number of hydrogen-bond donors (Lipinski definition) is 2. The molecule has 26 heavy (non-hydrogen) atoms. The molecule has 0 spiro atoms. The van der Waals surface area contributed by atoms with E-state index in [0.29, 0.717) is 35.5 Å². The highest BCUT2D eigenvalue weighted by Crippen LogP contribution is 2.40. The molecule has 3 rings (SSSR count). The predicted molar refractivity (Wildman–Crippen MR) is 101 cm³/mol. The van der Waals surface area contributed by atoms with E-state index in [1.54, 1.807) is 18.2 Å². The highest BCUT2D eigenvalue weighted by Gasteiger charge is 2.39. The number of carbonyl (C=O) groups is 3. The second kappa shape index (κ2) is 6.88. The topological polar surface area (TPSA) is 75.3 Å². The molecule has 5 nitrogen and oxygen atoms in total. The molecule has 1 aliphatic heterocycles. The van der Waals surface area contributed by atoms with E-state index in [2.05, 4.69) is 10.6 Å². The molecule has 0 fully saturated rings. The third kappa shape index (κ3) is 3.83. The number of halogens is 1. The molecular formula is C20H23ClN2O3. The highest BCUT2D eigenvalue weighted by atomic mass is 35.5. The summed E-state index contributed by atoms with van der Waals surface area (Å²) in [5.41, 5.74) is 2.69. The number of ketones is 1. The number of allylic oxidation sites excluding steroid dienone is 2. The van der Waals surface area contributed by atoms with Crippen LogP contribution in [0.4, 0.5) is 5.69 Å². The Morgan fingerprint density at radius 2 is 2.04 bits per heavy atom. The third-order valence-corrected chi connectivity index (χ3v) is 5.47. The van der Waals surface area contributed by atoms with Crippen molar-refractivity contribution in [3.8, 4) is 0 Å². The van der Waals surface area contributed by atoms with Gasteiger partial charge < -0.3 is 10.6 Å². The molecule has 1 heterocycles. The number of benzene rings is 1. The summed E-state index contributed by atoms with van der Waals surface area (Å²) in [4.78, 5) is 37.2. The van der Waals surface area contributed by atoms with E-state index < -0.39 is 5.92 Å². The molecule has 2 amide bonds. The second-order valence-corrected chi connectivity index (χ2v) is 8.36. The lowest BCUT2D eigenvalue weighted by atomic mass is 9.72. The summed E-state index contributed by atoms with van der Waals surface area (Å²) < 4.78 is 0. The number of hydrogen-bond acceptors (Lipinski definition) is 3. The Balaban J connectivity index is 1.70. The summed E-state index contributed by atoms with van der Waals surface area (Å²) in [6, 6.07) is 5.29. The smallest absolute Gasteiger partial charge is 0.228 e. The van der Waals surface area contributed by atoms with Gasteiger partial charge in [0.1, 0.15) is 0 Å². The Hall–Kier alpha value is -2.14. The van der Waals surface area contributed by atoms with Gasteiger partial charge >= 0.3 is 0 Å². The summed E-state index contributed by atoms with van der Waals surface area (Å²) in [5.74, 6) is -0.902. The van der Waals surface area contributed by atoms with Crippen LogP contribution in [0.15, 0.2) is 29.5 Å². The van der Waals surface area contributed by atoms with E-state index in [-0.39, 0.29) is 29.4 Å². The lowest BCUT2D eigenvalue weighted by Gasteiger charge is -2.36. The third-order valence-electron chi connectivity index (χ3n) is 5.06. The van der Waals surface area contributed by atoms with Crippen LogP contribution in [0, 0.1) is 18.3 Å². The minimum Gasteiger partial charge on any atom is -0.329 e. The van der Waals surface area contributed by atoms with Gasteiger partial charge in [0, 0.05) is 34.8 Å². The average molecular weight is 375 g/mol. The minimum atomic E-state index is -0.529. The Morgan fingerprint density at radius 3 is 2.77 bits per heavy atom. The van der Waals surface area contributed by atoms with Gasteiger partial charge in [-0.05, 0) is 42.9 Å². The summed E-state index contributed by atoms with van der Waals surface area (Å²) in [6.45, 7) is 5.87. The van der Waals surface area contributed by atoms with Crippen molar-refractivity contribution in [2.75, 3.05) is 5.32 Å². The van der Waals surface area contributed by atoms with Crippen LogP contribution in [0.25, 0.3) is 0 Å². The summed E-state index contributed by atoms with van der Waals surface area (Å²) >= 11 is 6.07. The predicted octanol–water partition coefficient (Wildman–Crippen LogP) is 3.76. The first-order valence-corrected chi connectivity index (χ1v) is 9.15. The number of rotatable bonds is 3. The van der Waals surface area contributed by atoms with Gasteiger partial charge in [-0.1, -0.05) is 31.5 Å². The first-order chi connectivity index (χ1) is 12.2. The van der Waals surface area contributed by atoms with Gasteiger partial charge in [-0.15, -0.1) is 0 Å². The van der Waals surface area contributed by atoms with E-state index in [9.17, 15) is 14.4 Å². The van der Waals surface area contributed by atoms with Gasteiger partial charge in [0.15, 0.2) is 5.78 Å². The molecule has 138 valence electrons. The number of carbonyl (C=O) groups excluding carboxylic acids is 3. The molecule has 1 aliphatic carbocycles. The molecule has 1 aromatic rings. The Bertz CT molecular complexity index is 826. The fraction of sp³-hybridized carbons (Fsp3) is 0.450. The molecular weight excluding hydrogens is 352 g/mol. The van der Waals surface area contributed by atoms with Crippen molar-refractivity contribution in [3.05, 3.63) is 40.1 Å². The van der Waals surface area contributed by atoms with Crippen molar-refractivity contribution in [1.29, 1.82) is 0 Å². The minimum absolute atomic E-state index is 0.0330. The maximum atomic E-state index is 12.4. The SMILES string of the molecule is Cc1c(Cl)cccc1NC(=O)CC1CC2=C(CC(C)(C)CC2=O)NC1=O. The first kappa shape index (κ1) is 18.6. The van der Waals surface area contributed by atoms with Crippen molar-refractivity contribution in [3.63, 3.8) is 0 Å². The average Bonchev–Trinajstić information content (AvgIpc) is 2.52. The standard InChI is InChI=1S/C20H23ClN2O3/c1-11-14(21)5-4-6-15(11)22-18(25)8-12-7-13-16(23-19(12)26)9-20(2,3)10-17(13)24/h4-6,12H,7-10H2,1-3H3,(H,22,25)(H,23,26). The van der Waals surface area contributed by atoms with E-state index in [1.165, 1.54) is 0 Å². The van der Waals surface area contributed by atoms with E-state index in [4.69, 9.17) is 11.6 Å². The molecule has 1 aromatic carbocycles. The van der Waals surface area contributed by atoms with Gasteiger partial charge in [0.25, 0.3) is 0 Å². The zero-order chi connectivity index (χ0) is 19.1. The fourth-order valence-corrected chi connectivity index (χ4v) is 3.81. The van der Waals surface area contributed by atoms with Gasteiger partial charge in [-0.2, -0.15) is 0 Å². The molecule has 2 N–H and O–H groups in total. The molecule has 1 atom stereocenters. The second-order valence-electron chi connectivity index (χ2n) is 7.95. The van der Waals surface area contributed by atoms with Crippen LogP contribution in [0.1, 0.15) is 45.1 Å². The summed E-state index contributed by atoms with van der Waals surface area (Å²) in [7, 11) is 0. The van der Waals surface area contributed by atoms with Crippen LogP contribution >= 0.6 is 11.6 Å². The van der Waals surface area contributed by atoms with Crippen molar-refractivity contribution in [2.24, 2.45) is 11.3 Å². The van der Waals surface area contributed by atoms with Crippen molar-refractivity contribution >= 4 is 34.9 Å². The van der Waals surface area contributed by atoms with Crippen LogP contribution in [-0.2, 0) is 14.4 Å². The van der Waals surface area contributed by atoms with Gasteiger partial charge in [0.05, 0.1) is 5.92 Å². The van der Waals surface area contributed by atoms with Crippen LogP contribution in [-0.4, -0.2) is 17.6 Å². The number of anilines is 1. The highest BCUT2D eigenvalue weighted by molar-refractivity contribution is 6.31.